The van der Waals surface area contributed by atoms with E-state index >= 15 is 0 Å². The molecular weight excluding hydrogens is 232 g/mol. The van der Waals surface area contributed by atoms with Crippen LogP contribution in [0, 0.1) is 5.21 Å². The van der Waals surface area contributed by atoms with E-state index in [2.05, 4.69) is 15.5 Å². The second kappa shape index (κ2) is 5.53. The van der Waals surface area contributed by atoms with Gasteiger partial charge < -0.3 is 5.21 Å². The molecule has 0 aliphatic rings. The van der Waals surface area contributed by atoms with Crippen molar-refractivity contribution in [2.24, 2.45) is 5.10 Å². The molecule has 0 bridgehead atoms. The van der Waals surface area contributed by atoms with E-state index in [4.69, 9.17) is 0 Å². The second-order valence-electron chi connectivity index (χ2n) is 3.40. The molecule has 0 aromatic carbocycles. The number of hydrogen-bond donors (Lipinski definition) is 1. The van der Waals surface area contributed by atoms with Gasteiger partial charge in [-0.25, -0.2) is 5.43 Å². The third kappa shape index (κ3) is 3.11. The van der Waals surface area contributed by atoms with E-state index in [1.165, 1.54) is 30.7 Å². The van der Waals surface area contributed by atoms with Gasteiger partial charge in [0.1, 0.15) is 0 Å². The lowest BCUT2D eigenvalue weighted by Crippen LogP contribution is -2.26. The minimum atomic E-state index is -0.386. The number of hydrazone groups is 1. The lowest BCUT2D eigenvalue weighted by Gasteiger charge is -1.99. The lowest BCUT2D eigenvalue weighted by molar-refractivity contribution is -0.605. The summed E-state index contributed by atoms with van der Waals surface area (Å²) in [4.78, 5) is 15.6. The maximum absolute atomic E-state index is 11.6. The molecule has 6 nitrogen and oxygen atoms in total. The molecular formula is C12H10N4O2. The van der Waals surface area contributed by atoms with Crippen LogP contribution >= 0.6 is 0 Å². The molecule has 90 valence electrons. The van der Waals surface area contributed by atoms with E-state index in [0.717, 1.165) is 0 Å². The number of rotatable bonds is 3. The van der Waals surface area contributed by atoms with Crippen molar-refractivity contribution in [1.29, 1.82) is 0 Å². The van der Waals surface area contributed by atoms with Gasteiger partial charge in [-0.2, -0.15) is 9.83 Å². The van der Waals surface area contributed by atoms with Crippen LogP contribution in [0.5, 0.6) is 0 Å². The summed E-state index contributed by atoms with van der Waals surface area (Å²) < 4.78 is 0.605. The maximum Gasteiger partial charge on any atom is 0.271 e. The Morgan fingerprint density at radius 3 is 2.78 bits per heavy atom. The Hall–Kier alpha value is -2.76. The summed E-state index contributed by atoms with van der Waals surface area (Å²) in [6.45, 7) is 0. The maximum atomic E-state index is 11.6. The van der Waals surface area contributed by atoms with E-state index in [-0.39, 0.29) is 5.91 Å². The molecule has 2 aromatic rings. The van der Waals surface area contributed by atoms with Gasteiger partial charge in [0.25, 0.3) is 5.91 Å². The predicted octanol–water partition coefficient (Wildman–Crippen LogP) is 0.479. The highest BCUT2D eigenvalue weighted by Crippen LogP contribution is 1.94. The van der Waals surface area contributed by atoms with Gasteiger partial charge in [0.2, 0.25) is 0 Å². The van der Waals surface area contributed by atoms with Crippen molar-refractivity contribution in [2.45, 2.75) is 0 Å². The number of pyridine rings is 2. The second-order valence-corrected chi connectivity index (χ2v) is 3.40. The zero-order chi connectivity index (χ0) is 12.8. The number of amides is 1. The molecule has 0 saturated carbocycles. The first kappa shape index (κ1) is 11.7. The van der Waals surface area contributed by atoms with Crippen molar-refractivity contribution < 1.29 is 9.52 Å². The standard InChI is InChI=1S/C12H10N4O2/c17-12(10-4-7-16(18)8-5-10)15-14-9-11-3-1-2-6-13-11/h1-9H,(H,15,17)/b14-9-. The number of hydrogen-bond acceptors (Lipinski definition) is 4. The predicted molar refractivity (Wildman–Crippen MR) is 64.7 cm³/mol. The zero-order valence-corrected chi connectivity index (χ0v) is 9.35. The Kier molecular flexibility index (Phi) is 3.60. The summed E-state index contributed by atoms with van der Waals surface area (Å²) in [7, 11) is 0. The van der Waals surface area contributed by atoms with Crippen molar-refractivity contribution >= 4 is 12.1 Å². The molecule has 0 aliphatic carbocycles. The van der Waals surface area contributed by atoms with E-state index in [9.17, 15) is 10.0 Å². The Morgan fingerprint density at radius 2 is 2.11 bits per heavy atom. The number of carbonyl (C=O) groups excluding carboxylic acids is 1. The summed E-state index contributed by atoms with van der Waals surface area (Å²) in [5.74, 6) is -0.386. The quantitative estimate of drug-likeness (QED) is 0.368. The van der Waals surface area contributed by atoms with Gasteiger partial charge >= 0.3 is 0 Å². The first-order valence-corrected chi connectivity index (χ1v) is 5.19. The topological polar surface area (TPSA) is 81.3 Å². The Balaban J connectivity index is 1.96. The van der Waals surface area contributed by atoms with E-state index < -0.39 is 0 Å². The van der Waals surface area contributed by atoms with E-state index in [1.807, 2.05) is 6.07 Å². The molecule has 1 N–H and O–H groups in total. The molecule has 2 aromatic heterocycles. The Morgan fingerprint density at radius 1 is 1.33 bits per heavy atom. The van der Waals surface area contributed by atoms with Crippen LogP contribution in [0.4, 0.5) is 0 Å². The van der Waals surface area contributed by atoms with Crippen LogP contribution in [0.3, 0.4) is 0 Å². The molecule has 2 heterocycles. The lowest BCUT2D eigenvalue weighted by atomic mass is 10.2. The summed E-state index contributed by atoms with van der Waals surface area (Å²) in [6.07, 6.45) is 5.57. The van der Waals surface area contributed by atoms with Gasteiger partial charge in [-0.1, -0.05) is 6.07 Å². The van der Waals surface area contributed by atoms with Gasteiger partial charge in [-0.3, -0.25) is 9.78 Å². The van der Waals surface area contributed by atoms with Crippen LogP contribution in [0.1, 0.15) is 16.1 Å². The smallest absolute Gasteiger partial charge is 0.271 e. The van der Waals surface area contributed by atoms with Crippen LogP contribution in [0.25, 0.3) is 0 Å². The van der Waals surface area contributed by atoms with Crippen molar-refractivity contribution in [3.05, 3.63) is 65.4 Å². The van der Waals surface area contributed by atoms with Crippen LogP contribution < -0.4 is 10.2 Å². The summed E-state index contributed by atoms with van der Waals surface area (Å²) >= 11 is 0. The van der Waals surface area contributed by atoms with Crippen molar-refractivity contribution in [3.8, 4) is 0 Å². The summed E-state index contributed by atoms with van der Waals surface area (Å²) in [5, 5.41) is 14.6. The number of nitrogens with one attached hydrogen (secondary N) is 1. The number of carbonyl (C=O) groups is 1. The molecule has 18 heavy (non-hydrogen) atoms. The minimum Gasteiger partial charge on any atom is -0.619 e. The monoisotopic (exact) mass is 242 g/mol. The van der Waals surface area contributed by atoms with Gasteiger partial charge in [0.15, 0.2) is 12.4 Å². The fourth-order valence-corrected chi connectivity index (χ4v) is 1.24. The average molecular weight is 242 g/mol. The van der Waals surface area contributed by atoms with Crippen molar-refractivity contribution in [1.82, 2.24) is 10.4 Å². The van der Waals surface area contributed by atoms with Crippen LogP contribution in [-0.4, -0.2) is 17.1 Å². The molecule has 2 rings (SSSR count). The van der Waals surface area contributed by atoms with Gasteiger partial charge in [0.05, 0.1) is 17.5 Å². The number of aromatic nitrogens is 2. The highest BCUT2D eigenvalue weighted by atomic mass is 16.5. The van der Waals surface area contributed by atoms with Gasteiger partial charge in [-0.05, 0) is 12.1 Å². The fourth-order valence-electron chi connectivity index (χ4n) is 1.24. The summed E-state index contributed by atoms with van der Waals surface area (Å²) in [5.41, 5.74) is 3.35. The molecule has 0 spiro atoms. The first-order valence-electron chi connectivity index (χ1n) is 5.19. The van der Waals surface area contributed by atoms with Crippen LogP contribution in [-0.2, 0) is 0 Å². The molecule has 0 atom stereocenters. The third-order valence-corrected chi connectivity index (χ3v) is 2.11. The van der Waals surface area contributed by atoms with E-state index in [1.54, 1.807) is 18.3 Å². The normalized spacial score (nSPS) is 10.4. The Labute approximate surface area is 103 Å². The van der Waals surface area contributed by atoms with Crippen LogP contribution in [0.2, 0.25) is 0 Å². The van der Waals surface area contributed by atoms with Crippen LogP contribution in [0.15, 0.2) is 54.0 Å². The fraction of sp³-hybridized carbons (Fsp3) is 0. The van der Waals surface area contributed by atoms with Crippen molar-refractivity contribution in [2.75, 3.05) is 0 Å². The highest BCUT2D eigenvalue weighted by molar-refractivity contribution is 5.94. The zero-order valence-electron chi connectivity index (χ0n) is 9.35. The largest absolute Gasteiger partial charge is 0.619 e. The first-order chi connectivity index (χ1) is 8.75. The third-order valence-electron chi connectivity index (χ3n) is 2.11. The highest BCUT2D eigenvalue weighted by Gasteiger charge is 2.04. The molecule has 0 saturated heterocycles. The molecule has 0 unspecified atom stereocenters. The summed E-state index contributed by atoms with van der Waals surface area (Å²) in [6, 6.07) is 8.20. The minimum absolute atomic E-state index is 0.361. The molecule has 6 heteroatoms. The molecule has 1 amide bonds. The van der Waals surface area contributed by atoms with E-state index in [0.29, 0.717) is 16.0 Å². The van der Waals surface area contributed by atoms with Gasteiger partial charge in [-0.15, -0.1) is 0 Å². The Bertz CT molecular complexity index is 552. The molecule has 0 fully saturated rings. The number of nitrogens with zero attached hydrogens (tertiary/aromatic N) is 3. The van der Waals surface area contributed by atoms with Crippen molar-refractivity contribution in [3.63, 3.8) is 0 Å². The van der Waals surface area contributed by atoms with Gasteiger partial charge in [0, 0.05) is 18.3 Å². The SMILES string of the molecule is O=C(N/N=C\c1ccccn1)c1cc[n+]([O-])cc1. The average Bonchev–Trinajstić information content (AvgIpc) is 2.40. The molecule has 0 aliphatic heterocycles. The molecule has 0 radical (unpaired) electrons.